The number of carbonyl (C=O) groups excluding carboxylic acids is 1. The topological polar surface area (TPSA) is 78.4 Å². The number of nitrogens with one attached hydrogen (secondary N) is 2. The highest BCUT2D eigenvalue weighted by atomic mass is 16.4. The number of carboxylic acid groups (broad SMARTS) is 1. The first kappa shape index (κ1) is 15.7. The van der Waals surface area contributed by atoms with Crippen molar-refractivity contribution in [2.24, 2.45) is 5.92 Å². The van der Waals surface area contributed by atoms with Crippen molar-refractivity contribution in [3.05, 3.63) is 0 Å². The Balaban J connectivity index is 4.09. The van der Waals surface area contributed by atoms with E-state index in [4.69, 9.17) is 5.11 Å². The van der Waals surface area contributed by atoms with Crippen molar-refractivity contribution in [3.8, 4) is 0 Å². The molecule has 0 radical (unpaired) electrons. The van der Waals surface area contributed by atoms with Gasteiger partial charge in [0.15, 0.2) is 0 Å². The molecule has 0 fully saturated rings. The Morgan fingerprint density at radius 2 is 1.88 bits per heavy atom. The van der Waals surface area contributed by atoms with Gasteiger partial charge in [-0.2, -0.15) is 0 Å². The Labute approximate surface area is 103 Å². The second-order valence-corrected chi connectivity index (χ2v) is 4.90. The van der Waals surface area contributed by atoms with Crippen molar-refractivity contribution in [2.75, 3.05) is 6.54 Å². The van der Waals surface area contributed by atoms with Crippen molar-refractivity contribution in [2.45, 2.75) is 52.5 Å². The lowest BCUT2D eigenvalue weighted by atomic mass is 10.0. The third kappa shape index (κ3) is 6.81. The smallest absolute Gasteiger partial charge is 0.315 e. The molecule has 0 aliphatic rings. The molecule has 0 heterocycles. The zero-order chi connectivity index (χ0) is 13.5. The summed E-state index contributed by atoms with van der Waals surface area (Å²) in [6.45, 7) is 7.93. The van der Waals surface area contributed by atoms with Gasteiger partial charge in [-0.05, 0) is 26.7 Å². The van der Waals surface area contributed by atoms with Gasteiger partial charge in [0, 0.05) is 12.1 Å². The third-order valence-electron chi connectivity index (χ3n) is 2.83. The Bertz CT molecular complexity index is 264. The maximum atomic E-state index is 11.5. The number of rotatable bonds is 7. The van der Waals surface area contributed by atoms with Gasteiger partial charge < -0.3 is 15.7 Å². The van der Waals surface area contributed by atoms with Gasteiger partial charge >= 0.3 is 12.0 Å². The number of carboxylic acids is 1. The van der Waals surface area contributed by atoms with Crippen LogP contribution in [0.25, 0.3) is 0 Å². The summed E-state index contributed by atoms with van der Waals surface area (Å²) in [7, 11) is 0. The van der Waals surface area contributed by atoms with Gasteiger partial charge in [-0.15, -0.1) is 0 Å². The van der Waals surface area contributed by atoms with Crippen LogP contribution in [0.15, 0.2) is 0 Å². The molecule has 0 aromatic carbocycles. The number of urea groups is 1. The van der Waals surface area contributed by atoms with E-state index in [0.717, 1.165) is 12.8 Å². The highest BCUT2D eigenvalue weighted by Gasteiger charge is 2.20. The molecular formula is C12H24N2O3. The van der Waals surface area contributed by atoms with Crippen LogP contribution in [0.2, 0.25) is 0 Å². The fourth-order valence-electron chi connectivity index (χ4n) is 1.32. The van der Waals surface area contributed by atoms with Crippen LogP contribution in [-0.2, 0) is 4.79 Å². The molecular weight excluding hydrogens is 220 g/mol. The van der Waals surface area contributed by atoms with Gasteiger partial charge in [-0.25, -0.2) is 4.79 Å². The van der Waals surface area contributed by atoms with E-state index in [1.807, 2.05) is 27.7 Å². The fourth-order valence-corrected chi connectivity index (χ4v) is 1.32. The minimum absolute atomic E-state index is 0.175. The number of hydrogen-bond donors (Lipinski definition) is 3. The monoisotopic (exact) mass is 244 g/mol. The Hall–Kier alpha value is -1.26. The summed E-state index contributed by atoms with van der Waals surface area (Å²) in [6.07, 6.45) is 2.19. The SMILES string of the molecule is CCCC(CNC(=O)NC(C)(C)CC)C(=O)O. The molecule has 100 valence electrons. The Morgan fingerprint density at radius 3 is 2.29 bits per heavy atom. The van der Waals surface area contributed by atoms with Crippen LogP contribution in [0.1, 0.15) is 47.0 Å². The highest BCUT2D eigenvalue weighted by molar-refractivity contribution is 5.76. The zero-order valence-corrected chi connectivity index (χ0v) is 11.2. The van der Waals surface area contributed by atoms with Crippen LogP contribution in [-0.4, -0.2) is 29.2 Å². The summed E-state index contributed by atoms with van der Waals surface area (Å²) >= 11 is 0. The molecule has 3 N–H and O–H groups in total. The van der Waals surface area contributed by atoms with E-state index in [1.54, 1.807) is 0 Å². The highest BCUT2D eigenvalue weighted by Crippen LogP contribution is 2.07. The molecule has 0 bridgehead atoms. The summed E-state index contributed by atoms with van der Waals surface area (Å²) in [6, 6.07) is -0.306. The molecule has 1 unspecified atom stereocenters. The molecule has 5 heteroatoms. The molecule has 0 aliphatic carbocycles. The predicted molar refractivity (Wildman–Crippen MR) is 66.9 cm³/mol. The van der Waals surface area contributed by atoms with Crippen molar-refractivity contribution < 1.29 is 14.7 Å². The molecule has 0 rings (SSSR count). The first-order valence-corrected chi connectivity index (χ1v) is 6.11. The Kier molecular flexibility index (Phi) is 6.61. The maximum Gasteiger partial charge on any atom is 0.315 e. The number of aliphatic carboxylic acids is 1. The molecule has 0 saturated carbocycles. The van der Waals surface area contributed by atoms with Gasteiger partial charge in [-0.3, -0.25) is 4.79 Å². The molecule has 1 atom stereocenters. The van der Waals surface area contributed by atoms with E-state index in [2.05, 4.69) is 10.6 Å². The normalized spacial score (nSPS) is 12.9. The lowest BCUT2D eigenvalue weighted by molar-refractivity contribution is -0.141. The number of hydrogen-bond acceptors (Lipinski definition) is 2. The van der Waals surface area contributed by atoms with Crippen molar-refractivity contribution in [3.63, 3.8) is 0 Å². The molecule has 17 heavy (non-hydrogen) atoms. The van der Waals surface area contributed by atoms with E-state index in [9.17, 15) is 9.59 Å². The molecule has 0 aromatic rings. The first-order valence-electron chi connectivity index (χ1n) is 6.11. The van der Waals surface area contributed by atoms with Crippen LogP contribution in [0.5, 0.6) is 0 Å². The minimum atomic E-state index is -0.859. The first-order chi connectivity index (χ1) is 7.82. The van der Waals surface area contributed by atoms with E-state index in [1.165, 1.54) is 0 Å². The largest absolute Gasteiger partial charge is 0.481 e. The molecule has 0 aromatic heterocycles. The molecule has 0 aliphatic heterocycles. The second-order valence-electron chi connectivity index (χ2n) is 4.90. The van der Waals surface area contributed by atoms with E-state index < -0.39 is 11.9 Å². The average Bonchev–Trinajstić information content (AvgIpc) is 2.23. The lowest BCUT2D eigenvalue weighted by Crippen LogP contribution is -2.49. The molecule has 0 spiro atoms. The maximum absolute atomic E-state index is 11.5. The summed E-state index contributed by atoms with van der Waals surface area (Å²) < 4.78 is 0. The predicted octanol–water partition coefficient (Wildman–Crippen LogP) is 1.98. The van der Waals surface area contributed by atoms with Gasteiger partial charge in [0.1, 0.15) is 0 Å². The van der Waals surface area contributed by atoms with Crippen LogP contribution in [0.4, 0.5) is 4.79 Å². The van der Waals surface area contributed by atoms with Crippen molar-refractivity contribution >= 4 is 12.0 Å². The average molecular weight is 244 g/mol. The quantitative estimate of drug-likeness (QED) is 0.640. The summed E-state index contributed by atoms with van der Waals surface area (Å²) in [4.78, 5) is 22.4. The van der Waals surface area contributed by atoms with Gasteiger partial charge in [0.05, 0.1) is 5.92 Å². The standard InChI is InChI=1S/C12H24N2O3/c1-5-7-9(10(15)16)8-13-11(17)14-12(3,4)6-2/h9H,5-8H2,1-4H3,(H,15,16)(H2,13,14,17). The minimum Gasteiger partial charge on any atom is -0.481 e. The lowest BCUT2D eigenvalue weighted by Gasteiger charge is -2.25. The van der Waals surface area contributed by atoms with Crippen LogP contribution in [0.3, 0.4) is 0 Å². The Morgan fingerprint density at radius 1 is 1.29 bits per heavy atom. The molecule has 5 nitrogen and oxygen atoms in total. The van der Waals surface area contributed by atoms with Crippen LogP contribution < -0.4 is 10.6 Å². The summed E-state index contributed by atoms with van der Waals surface area (Å²) in [5.41, 5.74) is -0.270. The van der Waals surface area contributed by atoms with Crippen molar-refractivity contribution in [1.82, 2.24) is 10.6 Å². The van der Waals surface area contributed by atoms with Gasteiger partial charge in [0.2, 0.25) is 0 Å². The van der Waals surface area contributed by atoms with E-state index >= 15 is 0 Å². The fraction of sp³-hybridized carbons (Fsp3) is 0.833. The van der Waals surface area contributed by atoms with E-state index in [0.29, 0.717) is 6.42 Å². The third-order valence-corrected chi connectivity index (χ3v) is 2.83. The molecule has 2 amide bonds. The van der Waals surface area contributed by atoms with Gasteiger partial charge in [-0.1, -0.05) is 20.3 Å². The zero-order valence-electron chi connectivity index (χ0n) is 11.2. The van der Waals surface area contributed by atoms with Crippen LogP contribution in [0, 0.1) is 5.92 Å². The molecule has 0 saturated heterocycles. The van der Waals surface area contributed by atoms with Crippen LogP contribution >= 0.6 is 0 Å². The number of amides is 2. The summed E-state index contributed by atoms with van der Waals surface area (Å²) in [5, 5.41) is 14.3. The van der Waals surface area contributed by atoms with Crippen molar-refractivity contribution in [1.29, 1.82) is 0 Å². The summed E-state index contributed by atoms with van der Waals surface area (Å²) in [5.74, 6) is -1.36. The van der Waals surface area contributed by atoms with E-state index in [-0.39, 0.29) is 18.1 Å². The van der Waals surface area contributed by atoms with Gasteiger partial charge in [0.25, 0.3) is 0 Å². The number of carbonyl (C=O) groups is 2. The second kappa shape index (κ2) is 7.14.